The molecule has 0 radical (unpaired) electrons. The molecule has 6 aliphatic rings. The predicted molar refractivity (Wildman–Crippen MR) is 183 cm³/mol. The summed E-state index contributed by atoms with van der Waals surface area (Å²) >= 11 is 0. The lowest BCUT2D eigenvalue weighted by molar-refractivity contribution is 0.216. The fourth-order valence-electron chi connectivity index (χ4n) is 10.9. The summed E-state index contributed by atoms with van der Waals surface area (Å²) in [6.07, 6.45) is 21.9. The van der Waals surface area contributed by atoms with Gasteiger partial charge in [-0.2, -0.15) is 0 Å². The van der Waals surface area contributed by atoms with Crippen molar-refractivity contribution in [1.82, 2.24) is 0 Å². The molecule has 43 heavy (non-hydrogen) atoms. The number of allylic oxidation sites excluding steroid dienone is 6. The minimum atomic E-state index is -1.61. The number of rotatable bonds is 6. The van der Waals surface area contributed by atoms with Gasteiger partial charge < -0.3 is 14.5 Å². The number of fused-ring (bicyclic) bond motifs is 10. The Balaban J connectivity index is 1.10. The van der Waals surface area contributed by atoms with E-state index in [0.717, 1.165) is 5.75 Å². The molecule has 4 heteroatoms. The minimum Gasteiger partial charge on any atom is -0.497 e. The van der Waals surface area contributed by atoms with Crippen LogP contribution < -0.4 is 14.5 Å². The number of hydrogen-bond acceptors (Lipinski definition) is 3. The second-order valence-corrected chi connectivity index (χ2v) is 20.7. The summed E-state index contributed by atoms with van der Waals surface area (Å²) in [7, 11) is 2.52. The van der Waals surface area contributed by atoms with Gasteiger partial charge in [-0.15, -0.1) is 0 Å². The number of methoxy groups -OCH3 is 1. The van der Waals surface area contributed by atoms with Gasteiger partial charge in [0.05, 0.1) is 15.2 Å². The van der Waals surface area contributed by atoms with Crippen LogP contribution >= 0.6 is 0 Å². The number of hydrogen-bond donors (Lipinski definition) is 0. The van der Waals surface area contributed by atoms with Gasteiger partial charge >= 0.3 is 0 Å². The minimum absolute atomic E-state index is 0.210. The van der Waals surface area contributed by atoms with E-state index in [1.54, 1.807) is 12.7 Å². The van der Waals surface area contributed by atoms with Gasteiger partial charge in [-0.25, -0.2) is 0 Å². The Kier molecular flexibility index (Phi) is 6.25. The van der Waals surface area contributed by atoms with E-state index < -0.39 is 8.07 Å². The maximum absolute atomic E-state index is 5.75. The summed E-state index contributed by atoms with van der Waals surface area (Å²) in [6.45, 7) is 10.5. The maximum atomic E-state index is 5.75. The summed E-state index contributed by atoms with van der Waals surface area (Å²) < 4.78 is 5.75. The Hall–Kier alpha value is -2.98. The molecule has 10 unspecified atom stereocenters. The lowest BCUT2D eigenvalue weighted by Crippen LogP contribution is -2.48. The van der Waals surface area contributed by atoms with Crippen molar-refractivity contribution in [2.24, 2.45) is 35.0 Å². The van der Waals surface area contributed by atoms with Gasteiger partial charge in [-0.05, 0) is 65.0 Å². The average Bonchev–Trinajstić information content (AvgIpc) is 3.69. The highest BCUT2D eigenvalue weighted by Gasteiger charge is 2.61. The Bertz CT molecular complexity index is 1550. The Morgan fingerprint density at radius 2 is 1.56 bits per heavy atom. The van der Waals surface area contributed by atoms with Crippen LogP contribution in [0.2, 0.25) is 19.1 Å². The number of anilines is 2. The highest BCUT2D eigenvalue weighted by Crippen LogP contribution is 2.66. The van der Waals surface area contributed by atoms with Crippen molar-refractivity contribution >= 4 is 19.4 Å². The molecular weight excluding hydrogens is 541 g/mol. The third kappa shape index (κ3) is 3.90. The summed E-state index contributed by atoms with van der Waals surface area (Å²) in [4.78, 5) is 5.51. The Morgan fingerprint density at radius 3 is 2.35 bits per heavy atom. The maximum Gasteiger partial charge on any atom is 0.119 e. The number of nitrogens with zero attached hydrogens (tertiary/aromatic N) is 2. The predicted octanol–water partition coefficient (Wildman–Crippen LogP) is 8.59. The molecule has 2 heterocycles. The number of benzene rings is 2. The molecule has 2 aromatic rings. The highest BCUT2D eigenvalue weighted by molar-refractivity contribution is 6.78. The van der Waals surface area contributed by atoms with E-state index in [4.69, 9.17) is 4.74 Å². The van der Waals surface area contributed by atoms with E-state index >= 15 is 0 Å². The molecule has 4 aliphatic carbocycles. The molecule has 0 amide bonds. The molecule has 0 bridgehead atoms. The fraction of sp³-hybridized carbons (Fsp3) is 0.487. The van der Waals surface area contributed by atoms with Crippen LogP contribution in [0.25, 0.3) is 0 Å². The van der Waals surface area contributed by atoms with Crippen molar-refractivity contribution < 1.29 is 4.74 Å². The second kappa shape index (κ2) is 9.76. The first-order chi connectivity index (χ1) is 20.7. The lowest BCUT2D eigenvalue weighted by Gasteiger charge is -2.41. The first-order valence-electron chi connectivity index (χ1n) is 16.7. The number of likely N-dealkylation sites (N-methyl/N-ethyl adjacent to an activating group) is 1. The van der Waals surface area contributed by atoms with Gasteiger partial charge in [-0.1, -0.05) is 99.8 Å². The van der Waals surface area contributed by atoms with Gasteiger partial charge in [0.25, 0.3) is 0 Å². The lowest BCUT2D eigenvalue weighted by atomic mass is 9.68. The summed E-state index contributed by atoms with van der Waals surface area (Å²) in [5.74, 6) is 5.24. The summed E-state index contributed by atoms with van der Waals surface area (Å²) in [5, 5.41) is 0. The van der Waals surface area contributed by atoms with Crippen LogP contribution in [0.5, 0.6) is 5.75 Å². The second-order valence-electron chi connectivity index (χ2n) is 15.5. The van der Waals surface area contributed by atoms with Crippen molar-refractivity contribution in [3.8, 4) is 5.75 Å². The smallest absolute Gasteiger partial charge is 0.119 e. The molecule has 224 valence electrons. The number of para-hydroxylation sites is 1. The van der Waals surface area contributed by atoms with E-state index in [1.165, 1.54) is 35.6 Å². The van der Waals surface area contributed by atoms with Crippen LogP contribution in [0.15, 0.2) is 91.1 Å². The largest absolute Gasteiger partial charge is 0.497 e. The Morgan fingerprint density at radius 1 is 0.837 bits per heavy atom. The van der Waals surface area contributed by atoms with E-state index in [-0.39, 0.29) is 5.41 Å². The zero-order valence-corrected chi connectivity index (χ0v) is 27.8. The molecule has 2 aliphatic heterocycles. The van der Waals surface area contributed by atoms with E-state index in [2.05, 4.69) is 135 Å². The zero-order valence-electron chi connectivity index (χ0n) is 26.8. The van der Waals surface area contributed by atoms with Crippen molar-refractivity contribution in [2.75, 3.05) is 30.1 Å². The van der Waals surface area contributed by atoms with Crippen LogP contribution in [-0.4, -0.2) is 40.5 Å². The average molecular weight is 589 g/mol. The third-order valence-corrected chi connectivity index (χ3v) is 15.6. The SMILES string of the molecule is COc1ccc2c(c1)C1C(C3C=CC=CC3C1(C)CC[Si](C)(C)CN1c3ccccc3C3C(C)C4C=CC=CC4C31)N2C. The summed E-state index contributed by atoms with van der Waals surface area (Å²) in [6, 6.07) is 18.7. The van der Waals surface area contributed by atoms with Crippen molar-refractivity contribution in [1.29, 1.82) is 0 Å². The normalized spacial score (nSPS) is 37.7. The summed E-state index contributed by atoms with van der Waals surface area (Å²) in [5.41, 5.74) is 6.25. The fourth-order valence-corrected chi connectivity index (χ4v) is 13.5. The van der Waals surface area contributed by atoms with Crippen molar-refractivity contribution in [3.63, 3.8) is 0 Å². The quantitative estimate of drug-likeness (QED) is 0.314. The molecule has 0 saturated heterocycles. The highest BCUT2D eigenvalue weighted by atomic mass is 28.3. The van der Waals surface area contributed by atoms with Gasteiger partial charge in [0.15, 0.2) is 0 Å². The van der Waals surface area contributed by atoms with Crippen LogP contribution in [0, 0.1) is 35.0 Å². The van der Waals surface area contributed by atoms with Crippen molar-refractivity contribution in [2.45, 2.75) is 63.3 Å². The van der Waals surface area contributed by atoms with Gasteiger partial charge in [0, 0.05) is 60.3 Å². The van der Waals surface area contributed by atoms with Crippen LogP contribution in [-0.2, 0) is 0 Å². The van der Waals surface area contributed by atoms with Crippen LogP contribution in [0.4, 0.5) is 11.4 Å². The topological polar surface area (TPSA) is 15.7 Å². The standard InChI is InChI=1S/C39H48N2OSi/c1-25-27-13-7-8-14-28(27)37-35(25)30-16-10-12-18-34(30)41(37)24-43(5,6)22-21-39(2)32-17-11-9-15-29(32)38-36(39)31-23-26(42-4)19-20-33(31)40(38)3/h7-20,23,25,27-29,32,35-38H,21-22,24H2,1-6H3. The molecule has 2 aromatic carbocycles. The molecular formula is C39H48N2OSi. The van der Waals surface area contributed by atoms with Crippen molar-refractivity contribution in [3.05, 3.63) is 102 Å². The van der Waals surface area contributed by atoms with Crippen LogP contribution in [0.1, 0.15) is 43.2 Å². The molecule has 0 spiro atoms. The molecule has 0 N–H and O–H groups in total. The third-order valence-electron chi connectivity index (χ3n) is 12.8. The van der Waals surface area contributed by atoms with Crippen LogP contribution in [0.3, 0.4) is 0 Å². The number of ether oxygens (including phenoxy) is 1. The zero-order chi connectivity index (χ0) is 29.7. The van der Waals surface area contributed by atoms with E-state index in [9.17, 15) is 0 Å². The molecule has 3 nitrogen and oxygen atoms in total. The van der Waals surface area contributed by atoms with Gasteiger partial charge in [0.2, 0.25) is 0 Å². The molecule has 2 fully saturated rings. The molecule has 8 rings (SSSR count). The Labute approximate surface area is 260 Å². The molecule has 0 aromatic heterocycles. The van der Waals surface area contributed by atoms with E-state index in [1.807, 2.05) is 0 Å². The van der Waals surface area contributed by atoms with Gasteiger partial charge in [-0.3, -0.25) is 0 Å². The molecule has 2 saturated carbocycles. The van der Waals surface area contributed by atoms with Gasteiger partial charge in [0.1, 0.15) is 5.75 Å². The van der Waals surface area contributed by atoms with E-state index in [0.29, 0.717) is 53.5 Å². The molecule has 10 atom stereocenters. The first-order valence-corrected chi connectivity index (χ1v) is 20.1. The monoisotopic (exact) mass is 588 g/mol. The first kappa shape index (κ1) is 27.6.